The normalized spacial score (nSPS) is 11.8. The van der Waals surface area contributed by atoms with Gasteiger partial charge in [-0.1, -0.05) is 18.2 Å². The maximum absolute atomic E-state index is 13.2. The van der Waals surface area contributed by atoms with Crippen LogP contribution in [0.1, 0.15) is 17.2 Å². The number of ether oxygens (including phenoxy) is 1. The van der Waals surface area contributed by atoms with Gasteiger partial charge in [-0.25, -0.2) is 9.18 Å². The second-order valence-electron chi connectivity index (χ2n) is 4.62. The number of aliphatic carboxylic acids is 1. The van der Waals surface area contributed by atoms with Crippen LogP contribution in [0.2, 0.25) is 0 Å². The van der Waals surface area contributed by atoms with E-state index in [1.165, 1.54) is 25.3 Å². The molecule has 0 amide bonds. The summed E-state index contributed by atoms with van der Waals surface area (Å²) in [7, 11) is 1.51. The van der Waals surface area contributed by atoms with E-state index in [2.05, 4.69) is 5.32 Å². The number of nitrogens with one attached hydrogen (secondary N) is 1. The SMILES string of the molecule is COc1ccccc1NC(C(=O)O)c1ccc(F)cc1C. The van der Waals surface area contributed by atoms with Gasteiger partial charge in [0.1, 0.15) is 11.6 Å². The first-order valence-electron chi connectivity index (χ1n) is 6.41. The van der Waals surface area contributed by atoms with E-state index in [4.69, 9.17) is 4.74 Å². The number of para-hydroxylation sites is 2. The van der Waals surface area contributed by atoms with Crippen molar-refractivity contribution in [2.75, 3.05) is 12.4 Å². The van der Waals surface area contributed by atoms with Crippen molar-refractivity contribution in [3.05, 3.63) is 59.4 Å². The zero-order valence-corrected chi connectivity index (χ0v) is 11.8. The van der Waals surface area contributed by atoms with Gasteiger partial charge >= 0.3 is 5.97 Å². The van der Waals surface area contributed by atoms with Gasteiger partial charge in [-0.15, -0.1) is 0 Å². The summed E-state index contributed by atoms with van der Waals surface area (Å²) in [6.07, 6.45) is 0. The van der Waals surface area contributed by atoms with E-state index in [1.54, 1.807) is 31.2 Å². The topological polar surface area (TPSA) is 58.6 Å². The summed E-state index contributed by atoms with van der Waals surface area (Å²) in [6, 6.07) is 10.1. The zero-order valence-electron chi connectivity index (χ0n) is 11.8. The highest BCUT2D eigenvalue weighted by atomic mass is 19.1. The molecular weight excluding hydrogens is 273 g/mol. The summed E-state index contributed by atoms with van der Waals surface area (Å²) >= 11 is 0. The monoisotopic (exact) mass is 289 g/mol. The lowest BCUT2D eigenvalue weighted by Crippen LogP contribution is -2.21. The molecule has 2 rings (SSSR count). The van der Waals surface area contributed by atoms with E-state index >= 15 is 0 Å². The Morgan fingerprint density at radius 2 is 2.00 bits per heavy atom. The molecule has 0 aliphatic heterocycles. The van der Waals surface area contributed by atoms with Gasteiger partial charge in [-0.3, -0.25) is 0 Å². The number of carboxylic acid groups (broad SMARTS) is 1. The van der Waals surface area contributed by atoms with Crippen LogP contribution in [0.15, 0.2) is 42.5 Å². The van der Waals surface area contributed by atoms with Crippen molar-refractivity contribution in [2.45, 2.75) is 13.0 Å². The molecule has 0 fully saturated rings. The Morgan fingerprint density at radius 3 is 2.62 bits per heavy atom. The number of carboxylic acids is 1. The Balaban J connectivity index is 2.38. The standard InChI is InChI=1S/C16H16FNO3/c1-10-9-11(17)7-8-12(10)15(16(19)20)18-13-5-3-4-6-14(13)21-2/h3-9,15,18H,1-2H3,(H,19,20). The van der Waals surface area contributed by atoms with E-state index in [0.717, 1.165) is 0 Å². The molecular formula is C16H16FNO3. The molecule has 0 aliphatic rings. The third kappa shape index (κ3) is 3.31. The molecule has 2 aromatic carbocycles. The number of anilines is 1. The van der Waals surface area contributed by atoms with Gasteiger partial charge in [0.2, 0.25) is 0 Å². The highest BCUT2D eigenvalue weighted by Crippen LogP contribution is 2.29. The van der Waals surface area contributed by atoms with Crippen LogP contribution in [-0.4, -0.2) is 18.2 Å². The Hall–Kier alpha value is -2.56. The number of rotatable bonds is 5. The van der Waals surface area contributed by atoms with Gasteiger partial charge < -0.3 is 15.2 Å². The van der Waals surface area contributed by atoms with Crippen molar-refractivity contribution < 1.29 is 19.0 Å². The first kappa shape index (κ1) is 14.8. The van der Waals surface area contributed by atoms with Crippen LogP contribution in [0, 0.1) is 12.7 Å². The van der Waals surface area contributed by atoms with Crippen molar-refractivity contribution in [1.82, 2.24) is 0 Å². The summed E-state index contributed by atoms with van der Waals surface area (Å²) in [5, 5.41) is 12.4. The van der Waals surface area contributed by atoms with E-state index < -0.39 is 17.8 Å². The minimum atomic E-state index is -1.05. The first-order chi connectivity index (χ1) is 10.0. The summed E-state index contributed by atoms with van der Waals surface area (Å²) < 4.78 is 18.4. The highest BCUT2D eigenvalue weighted by molar-refractivity contribution is 5.80. The lowest BCUT2D eigenvalue weighted by Gasteiger charge is -2.19. The van der Waals surface area contributed by atoms with Crippen LogP contribution in [0.4, 0.5) is 10.1 Å². The molecule has 0 aliphatic carbocycles. The van der Waals surface area contributed by atoms with Crippen LogP contribution in [-0.2, 0) is 4.79 Å². The smallest absolute Gasteiger partial charge is 0.330 e. The van der Waals surface area contributed by atoms with E-state index in [1.807, 2.05) is 0 Å². The minimum Gasteiger partial charge on any atom is -0.495 e. The third-order valence-corrected chi connectivity index (χ3v) is 3.20. The lowest BCUT2D eigenvalue weighted by molar-refractivity contribution is -0.138. The van der Waals surface area contributed by atoms with Gasteiger partial charge in [0, 0.05) is 0 Å². The number of methoxy groups -OCH3 is 1. The number of halogens is 1. The first-order valence-corrected chi connectivity index (χ1v) is 6.41. The largest absolute Gasteiger partial charge is 0.495 e. The van der Waals surface area contributed by atoms with Gasteiger partial charge in [0.25, 0.3) is 0 Å². The van der Waals surface area contributed by atoms with E-state index in [-0.39, 0.29) is 0 Å². The zero-order chi connectivity index (χ0) is 15.4. The van der Waals surface area contributed by atoms with E-state index in [0.29, 0.717) is 22.6 Å². The number of carbonyl (C=O) groups is 1. The number of aryl methyl sites for hydroxylation is 1. The van der Waals surface area contributed by atoms with Crippen molar-refractivity contribution in [1.29, 1.82) is 0 Å². The van der Waals surface area contributed by atoms with Crippen LogP contribution in [0.25, 0.3) is 0 Å². The average molecular weight is 289 g/mol. The molecule has 110 valence electrons. The molecule has 1 unspecified atom stereocenters. The van der Waals surface area contributed by atoms with Crippen molar-refractivity contribution >= 4 is 11.7 Å². The average Bonchev–Trinajstić information content (AvgIpc) is 2.45. The predicted molar refractivity (Wildman–Crippen MR) is 78.1 cm³/mol. The Morgan fingerprint density at radius 1 is 1.29 bits per heavy atom. The van der Waals surface area contributed by atoms with Crippen LogP contribution in [0.3, 0.4) is 0 Å². The fourth-order valence-corrected chi connectivity index (χ4v) is 2.15. The summed E-state index contributed by atoms with van der Waals surface area (Å²) in [5.74, 6) is -0.892. The van der Waals surface area contributed by atoms with Crippen LogP contribution >= 0.6 is 0 Å². The van der Waals surface area contributed by atoms with Crippen molar-refractivity contribution in [3.8, 4) is 5.75 Å². The summed E-state index contributed by atoms with van der Waals surface area (Å²) in [5.41, 5.74) is 1.65. The summed E-state index contributed by atoms with van der Waals surface area (Å²) in [4.78, 5) is 11.5. The number of hydrogen-bond acceptors (Lipinski definition) is 3. The molecule has 5 heteroatoms. The van der Waals surface area contributed by atoms with Gasteiger partial charge in [-0.2, -0.15) is 0 Å². The molecule has 21 heavy (non-hydrogen) atoms. The number of hydrogen-bond donors (Lipinski definition) is 2. The number of benzene rings is 2. The summed E-state index contributed by atoms with van der Waals surface area (Å²) in [6.45, 7) is 1.68. The molecule has 0 spiro atoms. The highest BCUT2D eigenvalue weighted by Gasteiger charge is 2.22. The second kappa shape index (κ2) is 6.26. The predicted octanol–water partition coefficient (Wildman–Crippen LogP) is 3.38. The second-order valence-corrected chi connectivity index (χ2v) is 4.62. The molecule has 1 atom stereocenters. The van der Waals surface area contributed by atoms with Crippen LogP contribution < -0.4 is 10.1 Å². The molecule has 0 radical (unpaired) electrons. The molecule has 0 aromatic heterocycles. The lowest BCUT2D eigenvalue weighted by atomic mass is 10.0. The maximum atomic E-state index is 13.2. The fourth-order valence-electron chi connectivity index (χ4n) is 2.15. The Kier molecular flexibility index (Phi) is 4.42. The minimum absolute atomic E-state index is 0.391. The van der Waals surface area contributed by atoms with Gasteiger partial charge in [0.05, 0.1) is 12.8 Å². The quantitative estimate of drug-likeness (QED) is 0.886. The van der Waals surface area contributed by atoms with E-state index in [9.17, 15) is 14.3 Å². The molecule has 4 nitrogen and oxygen atoms in total. The molecule has 0 saturated carbocycles. The Bertz CT molecular complexity index is 658. The third-order valence-electron chi connectivity index (χ3n) is 3.20. The molecule has 0 bridgehead atoms. The van der Waals surface area contributed by atoms with Gasteiger partial charge in [-0.05, 0) is 42.3 Å². The molecule has 2 aromatic rings. The van der Waals surface area contributed by atoms with Gasteiger partial charge in [0.15, 0.2) is 6.04 Å². The molecule has 2 N–H and O–H groups in total. The Labute approximate surface area is 122 Å². The fraction of sp³-hybridized carbons (Fsp3) is 0.188. The molecule has 0 saturated heterocycles. The van der Waals surface area contributed by atoms with Crippen molar-refractivity contribution in [3.63, 3.8) is 0 Å². The van der Waals surface area contributed by atoms with Crippen LogP contribution in [0.5, 0.6) is 5.75 Å². The van der Waals surface area contributed by atoms with Crippen molar-refractivity contribution in [2.24, 2.45) is 0 Å². The maximum Gasteiger partial charge on any atom is 0.330 e. The molecule has 0 heterocycles.